The highest BCUT2D eigenvalue weighted by atomic mass is 35.5. The Balaban J connectivity index is 1.93. The van der Waals surface area contributed by atoms with Crippen LogP contribution in [0.5, 0.6) is 5.75 Å². The largest absolute Gasteiger partial charge is 0.511 e. The number of thioether (sulfide) groups is 1. The van der Waals surface area contributed by atoms with Crippen LogP contribution in [0.2, 0.25) is 5.02 Å². The van der Waals surface area contributed by atoms with Crippen LogP contribution in [0.25, 0.3) is 17.0 Å². The van der Waals surface area contributed by atoms with Gasteiger partial charge in [-0.25, -0.2) is 14.5 Å². The molecule has 0 unspecified atom stereocenters. The van der Waals surface area contributed by atoms with Crippen LogP contribution in [0.3, 0.4) is 0 Å². The molecule has 0 saturated heterocycles. The lowest BCUT2D eigenvalue weighted by Gasteiger charge is -2.02. The fourth-order valence-electron chi connectivity index (χ4n) is 2.00. The third-order valence-corrected chi connectivity index (χ3v) is 4.65. The van der Waals surface area contributed by atoms with E-state index in [-0.39, 0.29) is 5.75 Å². The summed E-state index contributed by atoms with van der Waals surface area (Å²) in [6, 6.07) is 3.75. The molecule has 2 N–H and O–H groups in total. The zero-order chi connectivity index (χ0) is 16.4. The highest BCUT2D eigenvalue weighted by Gasteiger charge is 2.11. The normalized spacial score (nSPS) is 11.0. The van der Waals surface area contributed by atoms with Gasteiger partial charge in [0.05, 0.1) is 28.4 Å². The minimum absolute atomic E-state index is 0.121. The molecule has 1 aromatic carbocycles. The Morgan fingerprint density at radius 3 is 3.09 bits per heavy atom. The summed E-state index contributed by atoms with van der Waals surface area (Å²) >= 11 is 7.96. The van der Waals surface area contributed by atoms with Crippen molar-refractivity contribution in [3.8, 4) is 11.7 Å². The molecule has 0 atom stereocenters. The summed E-state index contributed by atoms with van der Waals surface area (Å²) in [7, 11) is 0. The van der Waals surface area contributed by atoms with E-state index in [2.05, 4.69) is 26.7 Å². The highest BCUT2D eigenvalue weighted by molar-refractivity contribution is 7.99. The van der Waals surface area contributed by atoms with Crippen LogP contribution in [-0.2, 0) is 0 Å². The second kappa shape index (κ2) is 6.51. The van der Waals surface area contributed by atoms with E-state index in [1.807, 2.05) is 12.1 Å². The zero-order valence-corrected chi connectivity index (χ0v) is 13.7. The second-order valence-electron chi connectivity index (χ2n) is 4.70. The maximum atomic E-state index is 10.5. The number of carbonyl (C=O) groups is 1. The number of aromatic amines is 1. The Hall–Kier alpha value is -2.19. The number of rotatable bonds is 5. The number of ether oxygens (including phenoxy) is 1. The number of hydrogen-bond donors (Lipinski definition) is 2. The molecule has 120 valence electrons. The van der Waals surface area contributed by atoms with Gasteiger partial charge in [0.2, 0.25) is 5.95 Å². The smallest absolute Gasteiger partial charge is 0.449 e. The molecule has 0 aliphatic rings. The van der Waals surface area contributed by atoms with Crippen molar-refractivity contribution >= 4 is 40.6 Å². The summed E-state index contributed by atoms with van der Waals surface area (Å²) < 4.78 is 5.95. The van der Waals surface area contributed by atoms with Gasteiger partial charge in [0.25, 0.3) is 0 Å². The van der Waals surface area contributed by atoms with Gasteiger partial charge in [-0.3, -0.25) is 0 Å². The van der Waals surface area contributed by atoms with E-state index in [1.54, 1.807) is 11.8 Å². The Bertz CT molecular complexity index is 861. The lowest BCUT2D eigenvalue weighted by atomic mass is 10.3. The van der Waals surface area contributed by atoms with Gasteiger partial charge in [-0.05, 0) is 24.3 Å². The number of aromatic nitrogens is 4. The quantitative estimate of drug-likeness (QED) is 0.533. The van der Waals surface area contributed by atoms with Gasteiger partial charge in [-0.2, -0.15) is 5.10 Å². The molecular formula is C14H13ClN4O3S. The van der Waals surface area contributed by atoms with Gasteiger partial charge in [-0.1, -0.05) is 18.5 Å². The summed E-state index contributed by atoms with van der Waals surface area (Å²) in [5.41, 5.74) is 1.54. The van der Waals surface area contributed by atoms with Gasteiger partial charge in [0.1, 0.15) is 0 Å². The summed E-state index contributed by atoms with van der Waals surface area (Å²) in [6.45, 7) is 2.11. The Labute approximate surface area is 140 Å². The third kappa shape index (κ3) is 3.43. The van der Waals surface area contributed by atoms with Crippen LogP contribution in [0.15, 0.2) is 29.4 Å². The molecule has 0 radical (unpaired) electrons. The number of carboxylic acid groups (broad SMARTS) is 1. The lowest BCUT2D eigenvalue weighted by molar-refractivity contribution is 0.144. The first kappa shape index (κ1) is 15.7. The maximum Gasteiger partial charge on any atom is 0.511 e. The van der Waals surface area contributed by atoms with Crippen molar-refractivity contribution in [3.63, 3.8) is 0 Å². The fraction of sp³-hybridized carbons (Fsp3) is 0.214. The third-order valence-electron chi connectivity index (χ3n) is 2.97. The van der Waals surface area contributed by atoms with E-state index < -0.39 is 6.16 Å². The molecule has 0 fully saturated rings. The molecule has 3 aromatic rings. The summed E-state index contributed by atoms with van der Waals surface area (Å²) in [6.07, 6.45) is 2.40. The first-order valence-corrected chi connectivity index (χ1v) is 8.21. The van der Waals surface area contributed by atoms with Gasteiger partial charge in [0, 0.05) is 4.90 Å². The van der Waals surface area contributed by atoms with Crippen molar-refractivity contribution in [2.24, 2.45) is 0 Å². The zero-order valence-electron chi connectivity index (χ0n) is 12.1. The van der Waals surface area contributed by atoms with Gasteiger partial charge >= 0.3 is 6.16 Å². The SMILES string of the molecule is CCCSc1cc2nc(-n3cc(OC(=O)O)cn3)[nH]c2cc1Cl. The minimum atomic E-state index is -1.39. The van der Waals surface area contributed by atoms with E-state index in [0.29, 0.717) is 11.0 Å². The Morgan fingerprint density at radius 2 is 2.35 bits per heavy atom. The van der Waals surface area contributed by atoms with Gasteiger partial charge in [0.15, 0.2) is 5.75 Å². The highest BCUT2D eigenvalue weighted by Crippen LogP contribution is 2.31. The molecule has 2 aromatic heterocycles. The van der Waals surface area contributed by atoms with Crippen LogP contribution in [0.1, 0.15) is 13.3 Å². The van der Waals surface area contributed by atoms with Crippen molar-refractivity contribution in [1.29, 1.82) is 0 Å². The van der Waals surface area contributed by atoms with Crippen molar-refractivity contribution in [2.75, 3.05) is 5.75 Å². The van der Waals surface area contributed by atoms with E-state index in [1.165, 1.54) is 17.1 Å². The average Bonchev–Trinajstić information content (AvgIpc) is 3.10. The predicted molar refractivity (Wildman–Crippen MR) is 87.9 cm³/mol. The standard InChI is InChI=1S/C14H13ClN4O3S/c1-2-3-23-12-5-11-10(4-9(12)15)17-13(18-11)19-7-8(6-16-19)22-14(20)21/h4-7H,2-3H2,1H3,(H,17,18)(H,20,21). The molecule has 0 aliphatic carbocycles. The molecule has 0 saturated carbocycles. The topological polar surface area (TPSA) is 93.0 Å². The van der Waals surface area contributed by atoms with Crippen LogP contribution < -0.4 is 4.74 Å². The van der Waals surface area contributed by atoms with Crippen LogP contribution in [0.4, 0.5) is 4.79 Å². The molecule has 23 heavy (non-hydrogen) atoms. The number of hydrogen-bond acceptors (Lipinski definition) is 5. The van der Waals surface area contributed by atoms with Crippen molar-refractivity contribution in [2.45, 2.75) is 18.2 Å². The number of H-pyrrole nitrogens is 1. The van der Waals surface area contributed by atoms with Crippen LogP contribution in [-0.4, -0.2) is 36.8 Å². The monoisotopic (exact) mass is 352 g/mol. The van der Waals surface area contributed by atoms with E-state index >= 15 is 0 Å². The average molecular weight is 353 g/mol. The first-order valence-electron chi connectivity index (χ1n) is 6.84. The minimum Gasteiger partial charge on any atom is -0.449 e. The second-order valence-corrected chi connectivity index (χ2v) is 6.24. The maximum absolute atomic E-state index is 10.5. The molecule has 7 nitrogen and oxygen atoms in total. The molecule has 9 heteroatoms. The summed E-state index contributed by atoms with van der Waals surface area (Å²) in [5.74, 6) is 1.56. The first-order chi connectivity index (χ1) is 11.1. The number of imidazole rings is 1. The number of nitrogens with zero attached hydrogens (tertiary/aromatic N) is 3. The number of benzene rings is 1. The van der Waals surface area contributed by atoms with E-state index in [0.717, 1.165) is 28.1 Å². The molecule has 0 bridgehead atoms. The van der Waals surface area contributed by atoms with E-state index in [4.69, 9.17) is 16.7 Å². The fourth-order valence-corrected chi connectivity index (χ4v) is 3.15. The van der Waals surface area contributed by atoms with Gasteiger partial charge < -0.3 is 14.8 Å². The molecule has 2 heterocycles. The van der Waals surface area contributed by atoms with Crippen molar-refractivity contribution in [3.05, 3.63) is 29.5 Å². The number of halogens is 1. The predicted octanol–water partition coefficient (Wildman–Crippen LogP) is 3.96. The van der Waals surface area contributed by atoms with Crippen LogP contribution >= 0.6 is 23.4 Å². The molecule has 0 aliphatic heterocycles. The molecular weight excluding hydrogens is 340 g/mol. The molecule has 0 amide bonds. The number of fused-ring (bicyclic) bond motifs is 1. The summed E-state index contributed by atoms with van der Waals surface area (Å²) in [4.78, 5) is 19.0. The van der Waals surface area contributed by atoms with Crippen molar-refractivity contribution in [1.82, 2.24) is 19.7 Å². The molecule has 0 spiro atoms. The Kier molecular flexibility index (Phi) is 4.44. The van der Waals surface area contributed by atoms with Crippen LogP contribution in [0, 0.1) is 0 Å². The number of nitrogens with one attached hydrogen (secondary N) is 1. The Morgan fingerprint density at radius 1 is 1.52 bits per heavy atom. The lowest BCUT2D eigenvalue weighted by Crippen LogP contribution is -2.02. The van der Waals surface area contributed by atoms with E-state index in [9.17, 15) is 4.79 Å². The van der Waals surface area contributed by atoms with Gasteiger partial charge in [-0.15, -0.1) is 11.8 Å². The van der Waals surface area contributed by atoms with Crippen molar-refractivity contribution < 1.29 is 14.6 Å². The molecule has 3 rings (SSSR count). The summed E-state index contributed by atoms with van der Waals surface area (Å²) in [5, 5.41) is 13.3.